The Hall–Kier alpha value is -2.04. The number of pyridine rings is 1. The molecule has 0 saturated heterocycles. The number of alkyl halides is 3. The first-order valence-corrected chi connectivity index (χ1v) is 5.81. The summed E-state index contributed by atoms with van der Waals surface area (Å²) >= 11 is 0. The second-order valence-corrected chi connectivity index (χ2v) is 4.19. The van der Waals surface area contributed by atoms with Gasteiger partial charge in [-0.25, -0.2) is 0 Å². The molecule has 0 aliphatic carbocycles. The number of rotatable bonds is 2. The molecule has 100 valence electrons. The van der Waals surface area contributed by atoms with Crippen LogP contribution in [0.25, 0.3) is 11.1 Å². The molecule has 1 aromatic carbocycles. The number of hydrogen-bond donors (Lipinski definition) is 1. The number of H-pyrrole nitrogens is 1. The third kappa shape index (κ3) is 3.05. The molecule has 2 rings (SSSR count). The standard InChI is InChI=1S/C14H12F3NO/c1-2-12-7-10(8-13(19)18-12)9-3-5-11(6-4-9)14(15,16)17/h3-8H,2H2,1H3,(H,18,19). The van der Waals surface area contributed by atoms with E-state index in [0.717, 1.165) is 17.8 Å². The van der Waals surface area contributed by atoms with Gasteiger partial charge in [0.15, 0.2) is 0 Å². The van der Waals surface area contributed by atoms with Gasteiger partial charge in [0, 0.05) is 11.8 Å². The van der Waals surface area contributed by atoms with Crippen LogP contribution in [0.1, 0.15) is 18.2 Å². The molecule has 0 amide bonds. The second kappa shape index (κ2) is 4.91. The lowest BCUT2D eigenvalue weighted by Crippen LogP contribution is -2.07. The SMILES string of the molecule is CCc1cc(-c2ccc(C(F)(F)F)cc2)cc(=O)[nH]1. The predicted octanol–water partition coefficient (Wildman–Crippen LogP) is 3.62. The zero-order chi connectivity index (χ0) is 14.0. The number of nitrogens with one attached hydrogen (secondary N) is 1. The van der Waals surface area contributed by atoms with Gasteiger partial charge in [-0.3, -0.25) is 4.79 Å². The van der Waals surface area contributed by atoms with Crippen LogP contribution < -0.4 is 5.56 Å². The summed E-state index contributed by atoms with van der Waals surface area (Å²) in [5, 5.41) is 0. The Labute approximate surface area is 107 Å². The Morgan fingerprint density at radius 1 is 1.05 bits per heavy atom. The lowest BCUT2D eigenvalue weighted by molar-refractivity contribution is -0.137. The molecule has 1 heterocycles. The number of halogens is 3. The van der Waals surface area contributed by atoms with Crippen LogP contribution >= 0.6 is 0 Å². The Morgan fingerprint density at radius 3 is 2.21 bits per heavy atom. The Balaban J connectivity index is 2.43. The van der Waals surface area contributed by atoms with E-state index in [1.807, 2.05) is 6.92 Å². The van der Waals surface area contributed by atoms with Crippen molar-refractivity contribution in [3.63, 3.8) is 0 Å². The van der Waals surface area contributed by atoms with E-state index in [-0.39, 0.29) is 5.56 Å². The molecule has 0 bridgehead atoms. The molecule has 0 unspecified atom stereocenters. The fourth-order valence-corrected chi connectivity index (χ4v) is 1.81. The van der Waals surface area contributed by atoms with Gasteiger partial charge in [-0.2, -0.15) is 13.2 Å². The van der Waals surface area contributed by atoms with Crippen LogP contribution in [0.2, 0.25) is 0 Å². The number of benzene rings is 1. The largest absolute Gasteiger partial charge is 0.416 e. The van der Waals surface area contributed by atoms with Crippen LogP contribution in [-0.2, 0) is 12.6 Å². The van der Waals surface area contributed by atoms with Crippen LogP contribution in [0.3, 0.4) is 0 Å². The third-order valence-corrected chi connectivity index (χ3v) is 2.83. The zero-order valence-corrected chi connectivity index (χ0v) is 10.2. The van der Waals surface area contributed by atoms with Gasteiger partial charge >= 0.3 is 6.18 Å². The minimum Gasteiger partial charge on any atom is -0.326 e. The van der Waals surface area contributed by atoms with Crippen LogP contribution in [-0.4, -0.2) is 4.98 Å². The molecule has 5 heteroatoms. The van der Waals surface area contributed by atoms with E-state index in [1.54, 1.807) is 6.07 Å². The zero-order valence-electron chi connectivity index (χ0n) is 10.2. The van der Waals surface area contributed by atoms with Crippen molar-refractivity contribution < 1.29 is 13.2 Å². The minimum absolute atomic E-state index is 0.255. The quantitative estimate of drug-likeness (QED) is 0.885. The van der Waals surface area contributed by atoms with Crippen LogP contribution in [0.15, 0.2) is 41.2 Å². The van der Waals surface area contributed by atoms with Gasteiger partial charge in [0.1, 0.15) is 0 Å². The Bertz CT molecular complexity index is 626. The molecule has 2 aromatic rings. The Kier molecular flexibility index (Phi) is 3.46. The second-order valence-electron chi connectivity index (χ2n) is 4.19. The molecule has 19 heavy (non-hydrogen) atoms. The average molecular weight is 267 g/mol. The summed E-state index contributed by atoms with van der Waals surface area (Å²) < 4.78 is 37.3. The molecular formula is C14H12F3NO. The summed E-state index contributed by atoms with van der Waals surface area (Å²) in [6.07, 6.45) is -3.69. The molecule has 1 aromatic heterocycles. The maximum absolute atomic E-state index is 12.4. The van der Waals surface area contributed by atoms with Crippen molar-refractivity contribution in [2.75, 3.05) is 0 Å². The highest BCUT2D eigenvalue weighted by Gasteiger charge is 2.29. The first-order valence-electron chi connectivity index (χ1n) is 5.81. The number of aryl methyl sites for hydroxylation is 1. The van der Waals surface area contributed by atoms with Gasteiger partial charge in [-0.15, -0.1) is 0 Å². The van der Waals surface area contributed by atoms with E-state index in [9.17, 15) is 18.0 Å². The predicted molar refractivity (Wildman–Crippen MR) is 66.9 cm³/mol. The van der Waals surface area contributed by atoms with E-state index in [4.69, 9.17) is 0 Å². The van der Waals surface area contributed by atoms with E-state index in [2.05, 4.69) is 4.98 Å². The molecule has 0 fully saturated rings. The number of aromatic amines is 1. The highest BCUT2D eigenvalue weighted by molar-refractivity contribution is 5.63. The maximum atomic E-state index is 12.4. The normalized spacial score (nSPS) is 11.6. The fraction of sp³-hybridized carbons (Fsp3) is 0.214. The molecule has 0 atom stereocenters. The van der Waals surface area contributed by atoms with Gasteiger partial charge in [0.2, 0.25) is 5.56 Å². The summed E-state index contributed by atoms with van der Waals surface area (Å²) in [7, 11) is 0. The Morgan fingerprint density at radius 2 is 1.68 bits per heavy atom. The smallest absolute Gasteiger partial charge is 0.326 e. The molecule has 0 aliphatic heterocycles. The molecule has 0 spiro atoms. The summed E-state index contributed by atoms with van der Waals surface area (Å²) in [6.45, 7) is 1.89. The number of aromatic nitrogens is 1. The van der Waals surface area contributed by atoms with E-state index < -0.39 is 11.7 Å². The summed E-state index contributed by atoms with van der Waals surface area (Å²) in [5.74, 6) is 0. The van der Waals surface area contributed by atoms with Crippen molar-refractivity contribution in [1.82, 2.24) is 4.98 Å². The molecule has 0 aliphatic rings. The summed E-state index contributed by atoms with van der Waals surface area (Å²) in [6, 6.07) is 7.92. The summed E-state index contributed by atoms with van der Waals surface area (Å²) in [5.41, 5.74) is 1.01. The van der Waals surface area contributed by atoms with Crippen molar-refractivity contribution in [2.45, 2.75) is 19.5 Å². The topological polar surface area (TPSA) is 32.9 Å². The monoisotopic (exact) mass is 267 g/mol. The van der Waals surface area contributed by atoms with E-state index in [1.165, 1.54) is 18.2 Å². The summed E-state index contributed by atoms with van der Waals surface area (Å²) in [4.78, 5) is 14.1. The van der Waals surface area contributed by atoms with Crippen LogP contribution in [0.5, 0.6) is 0 Å². The fourth-order valence-electron chi connectivity index (χ4n) is 1.81. The highest BCUT2D eigenvalue weighted by atomic mass is 19.4. The van der Waals surface area contributed by atoms with Gasteiger partial charge in [-0.1, -0.05) is 19.1 Å². The molecule has 1 N–H and O–H groups in total. The van der Waals surface area contributed by atoms with E-state index in [0.29, 0.717) is 17.5 Å². The molecule has 2 nitrogen and oxygen atoms in total. The van der Waals surface area contributed by atoms with Crippen molar-refractivity contribution in [3.05, 3.63) is 58.0 Å². The van der Waals surface area contributed by atoms with Crippen molar-refractivity contribution >= 4 is 0 Å². The van der Waals surface area contributed by atoms with Gasteiger partial charge in [0.05, 0.1) is 5.56 Å². The van der Waals surface area contributed by atoms with Gasteiger partial charge in [-0.05, 0) is 35.7 Å². The van der Waals surface area contributed by atoms with Crippen LogP contribution in [0.4, 0.5) is 13.2 Å². The minimum atomic E-state index is -4.35. The van der Waals surface area contributed by atoms with E-state index >= 15 is 0 Å². The number of hydrogen-bond acceptors (Lipinski definition) is 1. The average Bonchev–Trinajstić information content (AvgIpc) is 2.37. The molecule has 0 saturated carbocycles. The van der Waals surface area contributed by atoms with Gasteiger partial charge in [0.25, 0.3) is 0 Å². The lowest BCUT2D eigenvalue weighted by Gasteiger charge is -2.08. The molecule has 0 radical (unpaired) electrons. The third-order valence-electron chi connectivity index (χ3n) is 2.83. The van der Waals surface area contributed by atoms with Gasteiger partial charge < -0.3 is 4.98 Å². The first kappa shape index (κ1) is 13.4. The highest BCUT2D eigenvalue weighted by Crippen LogP contribution is 2.30. The molecular weight excluding hydrogens is 255 g/mol. The van der Waals surface area contributed by atoms with Crippen LogP contribution in [0, 0.1) is 0 Å². The maximum Gasteiger partial charge on any atom is 0.416 e. The first-order chi connectivity index (χ1) is 8.90. The van der Waals surface area contributed by atoms with Crippen molar-refractivity contribution in [1.29, 1.82) is 0 Å². The van der Waals surface area contributed by atoms with Crippen molar-refractivity contribution in [3.8, 4) is 11.1 Å². The van der Waals surface area contributed by atoms with Crippen molar-refractivity contribution in [2.24, 2.45) is 0 Å². The lowest BCUT2D eigenvalue weighted by atomic mass is 10.0.